The van der Waals surface area contributed by atoms with Crippen LogP contribution in [0.2, 0.25) is 0 Å². The highest BCUT2D eigenvalue weighted by molar-refractivity contribution is 7.09. The Hall–Kier alpha value is -1.63. The number of hydrogen-bond acceptors (Lipinski definition) is 4. The van der Waals surface area contributed by atoms with Gasteiger partial charge in [-0.05, 0) is 34.1 Å². The Balaban J connectivity index is 2.52. The predicted octanol–water partition coefficient (Wildman–Crippen LogP) is 2.15. The molecule has 0 aliphatic carbocycles. The molecule has 6 nitrogen and oxygen atoms in total. The molecule has 0 spiro atoms. The van der Waals surface area contributed by atoms with Gasteiger partial charge >= 0.3 is 0 Å². The van der Waals surface area contributed by atoms with Crippen LogP contribution in [0.3, 0.4) is 0 Å². The quantitative estimate of drug-likeness (QED) is 0.420. The zero-order valence-electron chi connectivity index (χ0n) is 15.6. The third-order valence-electron chi connectivity index (χ3n) is 3.66. The lowest BCUT2D eigenvalue weighted by atomic mass is 10.3. The van der Waals surface area contributed by atoms with E-state index in [0.717, 1.165) is 55.7 Å². The predicted molar refractivity (Wildman–Crippen MR) is 102 cm³/mol. The highest BCUT2D eigenvalue weighted by Gasteiger charge is 2.14. The summed E-state index contributed by atoms with van der Waals surface area (Å²) in [6.07, 6.45) is 1.91. The molecular formula is C17H31N5OS. The van der Waals surface area contributed by atoms with Crippen LogP contribution >= 0.6 is 11.3 Å². The fourth-order valence-corrected chi connectivity index (χ4v) is 3.17. The van der Waals surface area contributed by atoms with E-state index < -0.39 is 0 Å². The Kier molecular flexibility index (Phi) is 9.37. The van der Waals surface area contributed by atoms with Crippen LogP contribution in [0.5, 0.6) is 0 Å². The van der Waals surface area contributed by atoms with Crippen molar-refractivity contribution in [3.05, 3.63) is 16.1 Å². The van der Waals surface area contributed by atoms with Gasteiger partial charge < -0.3 is 15.1 Å². The number of hydrogen-bond donors (Lipinski definition) is 1. The van der Waals surface area contributed by atoms with Crippen LogP contribution in [-0.2, 0) is 11.2 Å². The van der Waals surface area contributed by atoms with Crippen molar-refractivity contribution >= 4 is 23.2 Å². The SMILES string of the molecule is CCNC(=NCCCc1nc(C)cs1)N(C)CC(=O)N(CC)CC. The van der Waals surface area contributed by atoms with Gasteiger partial charge in [-0.3, -0.25) is 9.79 Å². The molecule has 0 radical (unpaired) electrons. The van der Waals surface area contributed by atoms with Crippen LogP contribution < -0.4 is 5.32 Å². The molecule has 0 aromatic carbocycles. The van der Waals surface area contributed by atoms with Crippen LogP contribution in [0.1, 0.15) is 37.9 Å². The third kappa shape index (κ3) is 6.86. The molecule has 0 aliphatic rings. The second-order valence-electron chi connectivity index (χ2n) is 5.64. The summed E-state index contributed by atoms with van der Waals surface area (Å²) in [5, 5.41) is 6.50. The van der Waals surface area contributed by atoms with Crippen molar-refractivity contribution in [3.8, 4) is 0 Å². The second kappa shape index (κ2) is 11.0. The fraction of sp³-hybridized carbons (Fsp3) is 0.706. The number of amides is 1. The number of aliphatic imine (C=N–C) groups is 1. The van der Waals surface area contributed by atoms with Crippen molar-refractivity contribution in [2.24, 2.45) is 4.99 Å². The number of guanidine groups is 1. The molecule has 0 unspecified atom stereocenters. The lowest BCUT2D eigenvalue weighted by Crippen LogP contribution is -2.45. The van der Waals surface area contributed by atoms with E-state index in [-0.39, 0.29) is 5.91 Å². The van der Waals surface area contributed by atoms with Crippen LogP contribution in [0.25, 0.3) is 0 Å². The Bertz CT molecular complexity index is 525. The zero-order chi connectivity index (χ0) is 17.9. The molecule has 7 heteroatoms. The molecule has 0 saturated carbocycles. The summed E-state index contributed by atoms with van der Waals surface area (Å²) in [6, 6.07) is 0. The average Bonchev–Trinajstić information content (AvgIpc) is 2.96. The second-order valence-corrected chi connectivity index (χ2v) is 6.59. The Labute approximate surface area is 150 Å². The smallest absolute Gasteiger partial charge is 0.242 e. The largest absolute Gasteiger partial charge is 0.357 e. The van der Waals surface area contributed by atoms with E-state index in [2.05, 4.69) is 20.7 Å². The monoisotopic (exact) mass is 353 g/mol. The highest BCUT2D eigenvalue weighted by atomic mass is 32.1. The number of carbonyl (C=O) groups is 1. The first kappa shape index (κ1) is 20.4. The number of aryl methyl sites for hydroxylation is 2. The summed E-state index contributed by atoms with van der Waals surface area (Å²) in [4.78, 5) is 25.1. The number of rotatable bonds is 9. The van der Waals surface area contributed by atoms with Gasteiger partial charge in [-0.2, -0.15) is 0 Å². The molecule has 0 bridgehead atoms. The van der Waals surface area contributed by atoms with E-state index in [9.17, 15) is 4.79 Å². The van der Waals surface area contributed by atoms with Crippen molar-refractivity contribution in [1.29, 1.82) is 0 Å². The number of likely N-dealkylation sites (N-methyl/N-ethyl adjacent to an activating group) is 2. The number of nitrogens with zero attached hydrogens (tertiary/aromatic N) is 4. The van der Waals surface area contributed by atoms with Gasteiger partial charge in [0.15, 0.2) is 5.96 Å². The molecular weight excluding hydrogens is 322 g/mol. The lowest BCUT2D eigenvalue weighted by molar-refractivity contribution is -0.131. The van der Waals surface area contributed by atoms with E-state index in [4.69, 9.17) is 0 Å². The van der Waals surface area contributed by atoms with E-state index in [1.165, 1.54) is 0 Å². The molecule has 1 aromatic heterocycles. The van der Waals surface area contributed by atoms with Crippen LogP contribution in [0.4, 0.5) is 0 Å². The Morgan fingerprint density at radius 2 is 2.04 bits per heavy atom. The van der Waals surface area contributed by atoms with Crippen molar-refractivity contribution in [2.75, 3.05) is 39.8 Å². The molecule has 136 valence electrons. The van der Waals surface area contributed by atoms with Gasteiger partial charge in [0, 0.05) is 50.7 Å². The van der Waals surface area contributed by atoms with E-state index >= 15 is 0 Å². The van der Waals surface area contributed by atoms with Crippen molar-refractivity contribution in [1.82, 2.24) is 20.1 Å². The minimum atomic E-state index is 0.131. The van der Waals surface area contributed by atoms with Gasteiger partial charge in [-0.1, -0.05) is 0 Å². The van der Waals surface area contributed by atoms with Gasteiger partial charge in [0.2, 0.25) is 5.91 Å². The van der Waals surface area contributed by atoms with Gasteiger partial charge in [-0.25, -0.2) is 4.98 Å². The van der Waals surface area contributed by atoms with Crippen LogP contribution in [-0.4, -0.2) is 66.4 Å². The summed E-state index contributed by atoms with van der Waals surface area (Å²) < 4.78 is 0. The Morgan fingerprint density at radius 1 is 1.33 bits per heavy atom. The maximum atomic E-state index is 12.2. The van der Waals surface area contributed by atoms with Crippen molar-refractivity contribution < 1.29 is 4.79 Å². The highest BCUT2D eigenvalue weighted by Crippen LogP contribution is 2.10. The average molecular weight is 354 g/mol. The summed E-state index contributed by atoms with van der Waals surface area (Å²) in [6.45, 7) is 11.4. The first-order chi connectivity index (χ1) is 11.5. The third-order valence-corrected chi connectivity index (χ3v) is 4.69. The summed E-state index contributed by atoms with van der Waals surface area (Å²) >= 11 is 1.71. The summed E-state index contributed by atoms with van der Waals surface area (Å²) in [5.41, 5.74) is 1.08. The summed E-state index contributed by atoms with van der Waals surface area (Å²) in [7, 11) is 1.91. The minimum Gasteiger partial charge on any atom is -0.357 e. The number of nitrogens with one attached hydrogen (secondary N) is 1. The van der Waals surface area contributed by atoms with Gasteiger partial charge in [0.1, 0.15) is 0 Å². The lowest BCUT2D eigenvalue weighted by Gasteiger charge is -2.25. The zero-order valence-corrected chi connectivity index (χ0v) is 16.4. The molecule has 24 heavy (non-hydrogen) atoms. The van der Waals surface area contributed by atoms with Crippen LogP contribution in [0, 0.1) is 6.92 Å². The fourth-order valence-electron chi connectivity index (χ4n) is 2.36. The van der Waals surface area contributed by atoms with Crippen molar-refractivity contribution in [2.45, 2.75) is 40.5 Å². The minimum absolute atomic E-state index is 0.131. The standard InChI is InChI=1S/C17H31N5OS/c1-6-18-17(21(5)12-16(23)22(7-2)8-3)19-11-9-10-15-20-14(4)13-24-15/h13H,6-12H2,1-5H3,(H,18,19). The first-order valence-electron chi connectivity index (χ1n) is 8.69. The molecule has 0 fully saturated rings. The topological polar surface area (TPSA) is 60.8 Å². The molecule has 1 heterocycles. The maximum Gasteiger partial charge on any atom is 0.242 e. The van der Waals surface area contributed by atoms with Gasteiger partial charge in [-0.15, -0.1) is 11.3 Å². The van der Waals surface area contributed by atoms with Gasteiger partial charge in [0.25, 0.3) is 0 Å². The number of aromatic nitrogens is 1. The molecule has 1 amide bonds. The molecule has 0 saturated heterocycles. The molecule has 1 rings (SSSR count). The number of thiazole rings is 1. The summed E-state index contributed by atoms with van der Waals surface area (Å²) in [5.74, 6) is 0.916. The van der Waals surface area contributed by atoms with E-state index in [1.807, 2.05) is 44.5 Å². The molecule has 1 aromatic rings. The molecule has 0 atom stereocenters. The van der Waals surface area contributed by atoms with E-state index in [0.29, 0.717) is 6.54 Å². The normalized spacial score (nSPS) is 11.5. The number of carbonyl (C=O) groups excluding carboxylic acids is 1. The molecule has 1 N–H and O–H groups in total. The molecule has 0 aliphatic heterocycles. The van der Waals surface area contributed by atoms with Gasteiger partial charge in [0.05, 0.1) is 11.6 Å². The first-order valence-corrected chi connectivity index (χ1v) is 9.57. The van der Waals surface area contributed by atoms with Crippen molar-refractivity contribution in [3.63, 3.8) is 0 Å². The Morgan fingerprint density at radius 3 is 2.58 bits per heavy atom. The maximum absolute atomic E-state index is 12.2. The van der Waals surface area contributed by atoms with E-state index in [1.54, 1.807) is 11.3 Å². The van der Waals surface area contributed by atoms with Crippen LogP contribution in [0.15, 0.2) is 10.4 Å².